The highest BCUT2D eigenvalue weighted by Gasteiger charge is 2.50. The first-order valence-corrected chi connectivity index (χ1v) is 8.43. The van der Waals surface area contributed by atoms with E-state index in [-0.39, 0.29) is 5.75 Å². The molecule has 0 amide bonds. The number of rotatable bonds is 4. The summed E-state index contributed by atoms with van der Waals surface area (Å²) in [6.07, 6.45) is 0.337. The van der Waals surface area contributed by atoms with Crippen molar-refractivity contribution in [2.24, 2.45) is 0 Å². The molecule has 1 fully saturated rings. The van der Waals surface area contributed by atoms with Gasteiger partial charge in [-0.2, -0.15) is 0 Å². The molecule has 0 bridgehead atoms. The van der Waals surface area contributed by atoms with E-state index in [1.807, 2.05) is 27.7 Å². The van der Waals surface area contributed by atoms with E-state index in [0.717, 1.165) is 0 Å². The first-order chi connectivity index (χ1) is 9.14. The fourth-order valence-electron chi connectivity index (χ4n) is 2.08. The normalized spacial score (nSPS) is 21.1. The van der Waals surface area contributed by atoms with Crippen molar-refractivity contribution in [3.8, 4) is 0 Å². The molecule has 1 aliphatic heterocycles. The minimum Gasteiger partial charge on any atom is -0.403 e. The van der Waals surface area contributed by atoms with Crippen LogP contribution in [0.4, 0.5) is 0 Å². The summed E-state index contributed by atoms with van der Waals surface area (Å²) in [7, 11) is -3.76. The van der Waals surface area contributed by atoms with E-state index in [9.17, 15) is 8.42 Å². The largest absolute Gasteiger partial charge is 0.458 e. The summed E-state index contributed by atoms with van der Waals surface area (Å²) < 4.78 is 36.0. The molecule has 110 valence electrons. The topological polar surface area (TPSA) is 52.6 Å². The standard InChI is InChI=1S/C14H21BO4S/c1-13(2)14(3,4)19-15(18-13)10-11-20(16,17)12-8-6-5-7-9-12/h5-9H,10-11H2,1-4H3. The lowest BCUT2D eigenvalue weighted by Gasteiger charge is -2.32. The predicted octanol–water partition coefficient (Wildman–Crippen LogP) is 2.55. The number of hydrogen-bond acceptors (Lipinski definition) is 4. The Hall–Kier alpha value is -0.845. The SMILES string of the molecule is CC1(C)OB(CCS(=O)(=O)c2ccccc2)OC1(C)C. The van der Waals surface area contributed by atoms with Crippen LogP contribution in [0.3, 0.4) is 0 Å². The molecule has 0 saturated carbocycles. The van der Waals surface area contributed by atoms with E-state index < -0.39 is 28.2 Å². The summed E-state index contributed by atoms with van der Waals surface area (Å²) in [5, 5.41) is 0. The van der Waals surface area contributed by atoms with E-state index in [1.54, 1.807) is 30.3 Å². The zero-order valence-corrected chi connectivity index (χ0v) is 13.2. The quantitative estimate of drug-likeness (QED) is 0.801. The van der Waals surface area contributed by atoms with Crippen LogP contribution in [-0.2, 0) is 19.1 Å². The van der Waals surface area contributed by atoms with Gasteiger partial charge in [0.25, 0.3) is 0 Å². The van der Waals surface area contributed by atoms with Gasteiger partial charge in [0.1, 0.15) is 0 Å². The fourth-order valence-corrected chi connectivity index (χ4v) is 3.39. The van der Waals surface area contributed by atoms with Crippen molar-refractivity contribution in [2.45, 2.75) is 50.1 Å². The van der Waals surface area contributed by atoms with Gasteiger partial charge in [0.2, 0.25) is 0 Å². The molecule has 0 radical (unpaired) electrons. The molecule has 0 aromatic heterocycles. The molecule has 0 N–H and O–H groups in total. The molecule has 1 heterocycles. The molecule has 0 unspecified atom stereocenters. The van der Waals surface area contributed by atoms with Crippen LogP contribution in [0.5, 0.6) is 0 Å². The lowest BCUT2D eigenvalue weighted by Crippen LogP contribution is -2.41. The summed E-state index contributed by atoms with van der Waals surface area (Å²) in [6.45, 7) is 7.83. The van der Waals surface area contributed by atoms with Gasteiger partial charge in [-0.05, 0) is 46.1 Å². The molecule has 2 rings (SSSR count). The van der Waals surface area contributed by atoms with Gasteiger partial charge in [-0.3, -0.25) is 0 Å². The zero-order valence-electron chi connectivity index (χ0n) is 12.4. The molecule has 4 nitrogen and oxygen atoms in total. The van der Waals surface area contributed by atoms with Crippen LogP contribution >= 0.6 is 0 Å². The van der Waals surface area contributed by atoms with E-state index in [1.165, 1.54) is 0 Å². The third-order valence-electron chi connectivity index (χ3n) is 4.03. The minimum absolute atomic E-state index is 0.0217. The van der Waals surface area contributed by atoms with Crippen molar-refractivity contribution >= 4 is 17.0 Å². The van der Waals surface area contributed by atoms with Gasteiger partial charge in [0.15, 0.2) is 9.84 Å². The maximum Gasteiger partial charge on any atom is 0.458 e. The lowest BCUT2D eigenvalue weighted by atomic mass is 9.86. The van der Waals surface area contributed by atoms with Gasteiger partial charge < -0.3 is 9.31 Å². The van der Waals surface area contributed by atoms with E-state index >= 15 is 0 Å². The monoisotopic (exact) mass is 296 g/mol. The Morgan fingerprint density at radius 1 is 1.00 bits per heavy atom. The summed E-state index contributed by atoms with van der Waals surface area (Å²) in [5.74, 6) is 0.0217. The number of benzene rings is 1. The Bertz CT molecular complexity index is 550. The number of sulfone groups is 1. The molecule has 0 spiro atoms. The first kappa shape index (κ1) is 15.5. The highest BCUT2D eigenvalue weighted by atomic mass is 32.2. The summed E-state index contributed by atoms with van der Waals surface area (Å²) in [6, 6.07) is 8.47. The third kappa shape index (κ3) is 3.08. The van der Waals surface area contributed by atoms with Crippen LogP contribution < -0.4 is 0 Å². The van der Waals surface area contributed by atoms with Gasteiger partial charge in [0, 0.05) is 0 Å². The zero-order chi connectivity index (χ0) is 15.0. The highest BCUT2D eigenvalue weighted by molar-refractivity contribution is 7.91. The Morgan fingerprint density at radius 2 is 1.50 bits per heavy atom. The molecule has 1 aromatic carbocycles. The maximum absolute atomic E-state index is 12.2. The molecule has 1 aliphatic rings. The van der Waals surface area contributed by atoms with E-state index in [0.29, 0.717) is 11.2 Å². The van der Waals surface area contributed by atoms with Crippen molar-refractivity contribution < 1.29 is 17.7 Å². The molecule has 0 aliphatic carbocycles. The van der Waals surface area contributed by atoms with Gasteiger partial charge in [-0.25, -0.2) is 8.42 Å². The van der Waals surface area contributed by atoms with Crippen molar-refractivity contribution in [3.05, 3.63) is 30.3 Å². The van der Waals surface area contributed by atoms with Crippen LogP contribution in [0.2, 0.25) is 6.32 Å². The second-order valence-corrected chi connectivity index (χ2v) is 8.22. The third-order valence-corrected chi connectivity index (χ3v) is 5.79. The molecule has 20 heavy (non-hydrogen) atoms. The smallest absolute Gasteiger partial charge is 0.403 e. The Kier molecular flexibility index (Phi) is 4.02. The molecule has 1 aromatic rings. The van der Waals surface area contributed by atoms with Gasteiger partial charge >= 0.3 is 7.12 Å². The average molecular weight is 296 g/mol. The van der Waals surface area contributed by atoms with Crippen molar-refractivity contribution in [2.75, 3.05) is 5.75 Å². The fraction of sp³-hybridized carbons (Fsp3) is 0.571. The predicted molar refractivity (Wildman–Crippen MR) is 79.4 cm³/mol. The Balaban J connectivity index is 2.01. The molecular weight excluding hydrogens is 275 g/mol. The van der Waals surface area contributed by atoms with Gasteiger partial charge in [-0.1, -0.05) is 18.2 Å². The Labute approximate surface area is 121 Å². The molecular formula is C14H21BO4S. The lowest BCUT2D eigenvalue weighted by molar-refractivity contribution is 0.00578. The van der Waals surface area contributed by atoms with Crippen LogP contribution in [0.15, 0.2) is 35.2 Å². The van der Waals surface area contributed by atoms with Crippen molar-refractivity contribution in [1.29, 1.82) is 0 Å². The van der Waals surface area contributed by atoms with E-state index in [4.69, 9.17) is 9.31 Å². The Morgan fingerprint density at radius 3 is 2.00 bits per heavy atom. The summed E-state index contributed by atoms with van der Waals surface area (Å²) in [4.78, 5) is 0.344. The summed E-state index contributed by atoms with van der Waals surface area (Å²) in [5.41, 5.74) is -0.845. The van der Waals surface area contributed by atoms with Crippen LogP contribution in [0, 0.1) is 0 Å². The van der Waals surface area contributed by atoms with Crippen LogP contribution in [0.1, 0.15) is 27.7 Å². The molecule has 1 saturated heterocycles. The van der Waals surface area contributed by atoms with E-state index in [2.05, 4.69) is 0 Å². The second-order valence-electron chi connectivity index (χ2n) is 6.11. The molecule has 0 atom stereocenters. The van der Waals surface area contributed by atoms with Gasteiger partial charge in [-0.15, -0.1) is 0 Å². The molecule has 6 heteroatoms. The average Bonchev–Trinajstić information content (AvgIpc) is 2.57. The number of hydrogen-bond donors (Lipinski definition) is 0. The van der Waals surface area contributed by atoms with Crippen LogP contribution in [-0.4, -0.2) is 32.5 Å². The minimum atomic E-state index is -3.28. The van der Waals surface area contributed by atoms with Crippen molar-refractivity contribution in [1.82, 2.24) is 0 Å². The van der Waals surface area contributed by atoms with Crippen molar-refractivity contribution in [3.63, 3.8) is 0 Å². The maximum atomic E-state index is 12.2. The van der Waals surface area contributed by atoms with Crippen LogP contribution in [0.25, 0.3) is 0 Å². The van der Waals surface area contributed by atoms with Gasteiger partial charge in [0.05, 0.1) is 21.9 Å². The highest BCUT2D eigenvalue weighted by Crippen LogP contribution is 2.37. The second kappa shape index (κ2) is 5.17. The first-order valence-electron chi connectivity index (χ1n) is 6.77. The summed E-state index contributed by atoms with van der Waals surface area (Å²) >= 11 is 0.